The first-order valence-electron chi connectivity index (χ1n) is 6.72. The number of ether oxygens (including phenoxy) is 1. The standard InChI is InChI=1S/C17H17ClO/c1-12-5-8-16(18)10-17(12)19-11-13-6-7-14-3-2-4-15(14)9-13/h5-10H,2-4,11H2,1H3. The van der Waals surface area contributed by atoms with E-state index in [9.17, 15) is 0 Å². The van der Waals surface area contributed by atoms with Crippen LogP contribution < -0.4 is 4.74 Å². The van der Waals surface area contributed by atoms with E-state index in [1.165, 1.54) is 36.0 Å². The molecule has 0 radical (unpaired) electrons. The minimum atomic E-state index is 0.606. The van der Waals surface area contributed by atoms with Crippen molar-refractivity contribution >= 4 is 11.6 Å². The fourth-order valence-corrected chi connectivity index (χ4v) is 2.77. The third-order valence-corrected chi connectivity index (χ3v) is 3.94. The Morgan fingerprint density at radius 2 is 1.89 bits per heavy atom. The molecular formula is C17H17ClO. The van der Waals surface area contributed by atoms with Gasteiger partial charge < -0.3 is 4.74 Å². The summed E-state index contributed by atoms with van der Waals surface area (Å²) in [4.78, 5) is 0. The molecule has 98 valence electrons. The van der Waals surface area contributed by atoms with Gasteiger partial charge in [-0.2, -0.15) is 0 Å². The molecule has 2 aromatic rings. The SMILES string of the molecule is Cc1ccc(Cl)cc1OCc1ccc2c(c1)CCC2. The number of benzene rings is 2. The Bertz CT molecular complexity index is 604. The van der Waals surface area contributed by atoms with Crippen molar-refractivity contribution in [1.29, 1.82) is 0 Å². The first-order chi connectivity index (χ1) is 9.22. The second kappa shape index (κ2) is 5.26. The van der Waals surface area contributed by atoms with Gasteiger partial charge in [0, 0.05) is 5.02 Å². The summed E-state index contributed by atoms with van der Waals surface area (Å²) in [6, 6.07) is 12.4. The number of hydrogen-bond acceptors (Lipinski definition) is 1. The number of aryl methyl sites for hydroxylation is 3. The summed E-state index contributed by atoms with van der Waals surface area (Å²) in [5, 5.41) is 0.717. The van der Waals surface area contributed by atoms with E-state index in [0.29, 0.717) is 6.61 Å². The van der Waals surface area contributed by atoms with E-state index in [-0.39, 0.29) is 0 Å². The Kier molecular flexibility index (Phi) is 3.48. The molecule has 1 aliphatic rings. The summed E-state index contributed by atoms with van der Waals surface area (Å²) < 4.78 is 5.88. The molecule has 0 spiro atoms. The third-order valence-electron chi connectivity index (χ3n) is 3.71. The average molecular weight is 273 g/mol. The maximum atomic E-state index is 6.00. The minimum absolute atomic E-state index is 0.606. The Labute approximate surface area is 119 Å². The fraction of sp³-hybridized carbons (Fsp3) is 0.294. The molecule has 0 aromatic heterocycles. The van der Waals surface area contributed by atoms with E-state index in [2.05, 4.69) is 18.2 Å². The molecule has 0 heterocycles. The van der Waals surface area contributed by atoms with Gasteiger partial charge in [0.1, 0.15) is 12.4 Å². The van der Waals surface area contributed by atoms with Crippen LogP contribution in [0.1, 0.15) is 28.7 Å². The first kappa shape index (κ1) is 12.6. The van der Waals surface area contributed by atoms with Crippen molar-refractivity contribution in [2.45, 2.75) is 32.8 Å². The molecule has 0 saturated carbocycles. The van der Waals surface area contributed by atoms with E-state index < -0.39 is 0 Å². The van der Waals surface area contributed by atoms with Gasteiger partial charge in [-0.1, -0.05) is 35.9 Å². The molecule has 0 atom stereocenters. The van der Waals surface area contributed by atoms with Gasteiger partial charge in [0.2, 0.25) is 0 Å². The molecular weight excluding hydrogens is 256 g/mol. The molecule has 1 nitrogen and oxygen atoms in total. The second-order valence-electron chi connectivity index (χ2n) is 5.16. The van der Waals surface area contributed by atoms with E-state index in [1.54, 1.807) is 0 Å². The number of rotatable bonds is 3. The van der Waals surface area contributed by atoms with Crippen molar-refractivity contribution < 1.29 is 4.74 Å². The molecule has 1 aliphatic carbocycles. The highest BCUT2D eigenvalue weighted by Gasteiger charge is 2.11. The monoisotopic (exact) mass is 272 g/mol. The first-order valence-corrected chi connectivity index (χ1v) is 7.10. The summed E-state index contributed by atoms with van der Waals surface area (Å²) in [5.41, 5.74) is 5.34. The van der Waals surface area contributed by atoms with E-state index in [1.807, 2.05) is 25.1 Å². The Morgan fingerprint density at radius 3 is 2.79 bits per heavy atom. The average Bonchev–Trinajstić information content (AvgIpc) is 2.87. The van der Waals surface area contributed by atoms with Gasteiger partial charge >= 0.3 is 0 Å². The largest absolute Gasteiger partial charge is 0.489 e. The van der Waals surface area contributed by atoms with Gasteiger partial charge in [-0.25, -0.2) is 0 Å². The predicted octanol–water partition coefficient (Wildman–Crippen LogP) is 4.72. The van der Waals surface area contributed by atoms with Crippen LogP contribution in [0, 0.1) is 6.92 Å². The zero-order chi connectivity index (χ0) is 13.2. The highest BCUT2D eigenvalue weighted by atomic mass is 35.5. The van der Waals surface area contributed by atoms with Crippen LogP contribution >= 0.6 is 11.6 Å². The van der Waals surface area contributed by atoms with Crippen LogP contribution in [0.4, 0.5) is 0 Å². The lowest BCUT2D eigenvalue weighted by atomic mass is 10.1. The van der Waals surface area contributed by atoms with Crippen LogP contribution in [-0.4, -0.2) is 0 Å². The lowest BCUT2D eigenvalue weighted by Crippen LogP contribution is -1.98. The number of fused-ring (bicyclic) bond motifs is 1. The lowest BCUT2D eigenvalue weighted by molar-refractivity contribution is 0.304. The Hall–Kier alpha value is -1.47. The van der Waals surface area contributed by atoms with Crippen molar-refractivity contribution in [3.63, 3.8) is 0 Å². The molecule has 0 amide bonds. The van der Waals surface area contributed by atoms with Crippen molar-refractivity contribution in [3.8, 4) is 5.75 Å². The van der Waals surface area contributed by atoms with Gasteiger partial charge in [-0.05, 0) is 60.6 Å². The summed E-state index contributed by atoms with van der Waals surface area (Å²) in [6.07, 6.45) is 3.72. The summed E-state index contributed by atoms with van der Waals surface area (Å²) in [6.45, 7) is 2.64. The normalized spacial score (nSPS) is 13.4. The number of hydrogen-bond donors (Lipinski definition) is 0. The summed E-state index contributed by atoms with van der Waals surface area (Å²) in [7, 11) is 0. The highest BCUT2D eigenvalue weighted by molar-refractivity contribution is 6.30. The zero-order valence-corrected chi connectivity index (χ0v) is 11.8. The van der Waals surface area contributed by atoms with Gasteiger partial charge in [0.15, 0.2) is 0 Å². The van der Waals surface area contributed by atoms with E-state index >= 15 is 0 Å². The smallest absolute Gasteiger partial charge is 0.124 e. The van der Waals surface area contributed by atoms with E-state index in [4.69, 9.17) is 16.3 Å². The van der Waals surface area contributed by atoms with Gasteiger partial charge in [0.25, 0.3) is 0 Å². The lowest BCUT2D eigenvalue weighted by Gasteiger charge is -2.10. The topological polar surface area (TPSA) is 9.23 Å². The van der Waals surface area contributed by atoms with Crippen molar-refractivity contribution in [2.75, 3.05) is 0 Å². The molecule has 0 fully saturated rings. The molecule has 0 bridgehead atoms. The van der Waals surface area contributed by atoms with Gasteiger partial charge in [0.05, 0.1) is 0 Å². The molecule has 0 saturated heterocycles. The van der Waals surface area contributed by atoms with Crippen molar-refractivity contribution in [1.82, 2.24) is 0 Å². The molecule has 0 N–H and O–H groups in total. The Balaban J connectivity index is 1.74. The van der Waals surface area contributed by atoms with Gasteiger partial charge in [-0.15, -0.1) is 0 Å². The van der Waals surface area contributed by atoms with Crippen LogP contribution in [0.25, 0.3) is 0 Å². The molecule has 19 heavy (non-hydrogen) atoms. The maximum Gasteiger partial charge on any atom is 0.124 e. The van der Waals surface area contributed by atoms with E-state index in [0.717, 1.165) is 16.3 Å². The third kappa shape index (κ3) is 2.76. The van der Waals surface area contributed by atoms with Gasteiger partial charge in [-0.3, -0.25) is 0 Å². The number of halogens is 1. The maximum absolute atomic E-state index is 6.00. The molecule has 0 unspecified atom stereocenters. The van der Waals surface area contributed by atoms with Crippen molar-refractivity contribution in [2.24, 2.45) is 0 Å². The molecule has 2 aromatic carbocycles. The Morgan fingerprint density at radius 1 is 1.05 bits per heavy atom. The van der Waals surface area contributed by atoms with Crippen LogP contribution in [0.3, 0.4) is 0 Å². The highest BCUT2D eigenvalue weighted by Crippen LogP contribution is 2.25. The molecule has 2 heteroatoms. The van der Waals surface area contributed by atoms with Crippen LogP contribution in [0.5, 0.6) is 5.75 Å². The van der Waals surface area contributed by atoms with Crippen LogP contribution in [0.15, 0.2) is 36.4 Å². The molecule has 3 rings (SSSR count). The predicted molar refractivity (Wildman–Crippen MR) is 79.0 cm³/mol. The zero-order valence-electron chi connectivity index (χ0n) is 11.1. The quantitative estimate of drug-likeness (QED) is 0.786. The van der Waals surface area contributed by atoms with Crippen LogP contribution in [-0.2, 0) is 19.4 Å². The minimum Gasteiger partial charge on any atom is -0.489 e. The summed E-state index contributed by atoms with van der Waals surface area (Å²) in [5.74, 6) is 0.869. The van der Waals surface area contributed by atoms with Crippen molar-refractivity contribution in [3.05, 3.63) is 63.7 Å². The molecule has 0 aliphatic heterocycles. The second-order valence-corrected chi connectivity index (χ2v) is 5.59. The van der Waals surface area contributed by atoms with Crippen LogP contribution in [0.2, 0.25) is 5.02 Å². The summed E-state index contributed by atoms with van der Waals surface area (Å²) >= 11 is 6.00. The fourth-order valence-electron chi connectivity index (χ4n) is 2.61.